The molecule has 1 saturated heterocycles. The number of hydrogen-bond acceptors (Lipinski definition) is 4. The highest BCUT2D eigenvalue weighted by molar-refractivity contribution is 6.34. The second kappa shape index (κ2) is 7.80. The van der Waals surface area contributed by atoms with E-state index in [1.54, 1.807) is 17.0 Å². The van der Waals surface area contributed by atoms with Gasteiger partial charge in [-0.05, 0) is 43.5 Å². The maximum atomic E-state index is 14.0. The number of fused-ring (bicyclic) bond motifs is 1. The van der Waals surface area contributed by atoms with Gasteiger partial charge in [-0.1, -0.05) is 11.6 Å². The number of benzene rings is 2. The molecule has 0 aliphatic carbocycles. The van der Waals surface area contributed by atoms with Crippen molar-refractivity contribution >= 4 is 28.9 Å². The molecule has 2 heterocycles. The maximum Gasteiger partial charge on any atom is 0.224 e. The quantitative estimate of drug-likeness (QED) is 0.784. The molecule has 4 rings (SSSR count). The number of hydrogen-bond donors (Lipinski definition) is 2. The van der Waals surface area contributed by atoms with Crippen LogP contribution < -0.4 is 15.0 Å². The molecule has 0 spiro atoms. The Morgan fingerprint density at radius 1 is 1.17 bits per heavy atom. The Bertz CT molecular complexity index is 946. The third-order valence-electron chi connectivity index (χ3n) is 5.53. The molecule has 8 heteroatoms. The summed E-state index contributed by atoms with van der Waals surface area (Å²) in [6.45, 7) is 0.934. The van der Waals surface area contributed by atoms with Crippen LogP contribution in [0.2, 0.25) is 5.02 Å². The predicted octanol–water partition coefficient (Wildman–Crippen LogP) is 3.91. The molecular formula is C21H21ClF2N2O3. The summed E-state index contributed by atoms with van der Waals surface area (Å²) in [4.78, 5) is 13.4. The Hall–Kier alpha value is -2.38. The molecule has 0 aromatic heterocycles. The summed E-state index contributed by atoms with van der Waals surface area (Å²) >= 11 is 6.17. The number of carbonyl (C=O) groups excluding carboxylic acids is 1. The van der Waals surface area contributed by atoms with Crippen molar-refractivity contribution in [2.45, 2.75) is 31.3 Å². The van der Waals surface area contributed by atoms with Crippen molar-refractivity contribution in [3.63, 3.8) is 0 Å². The fraction of sp³-hybridized carbons (Fsp3) is 0.381. The van der Waals surface area contributed by atoms with E-state index in [0.29, 0.717) is 60.9 Å². The first-order chi connectivity index (χ1) is 13.8. The normalized spacial score (nSPS) is 18.2. The van der Waals surface area contributed by atoms with Gasteiger partial charge >= 0.3 is 0 Å². The molecule has 2 N–H and O–H groups in total. The summed E-state index contributed by atoms with van der Waals surface area (Å²) in [7, 11) is 0. The molecule has 0 saturated carbocycles. The van der Waals surface area contributed by atoms with E-state index in [2.05, 4.69) is 5.32 Å². The summed E-state index contributed by atoms with van der Waals surface area (Å²) < 4.78 is 33.0. The van der Waals surface area contributed by atoms with Gasteiger partial charge in [-0.2, -0.15) is 0 Å². The average Bonchev–Trinajstić information content (AvgIpc) is 2.69. The first-order valence-electron chi connectivity index (χ1n) is 9.51. The molecule has 2 aliphatic heterocycles. The molecule has 0 radical (unpaired) electrons. The lowest BCUT2D eigenvalue weighted by atomic mass is 9.92. The van der Waals surface area contributed by atoms with Crippen LogP contribution in [-0.4, -0.2) is 36.3 Å². The second-order valence-corrected chi connectivity index (χ2v) is 7.95. The molecule has 0 bridgehead atoms. The van der Waals surface area contributed by atoms with Crippen molar-refractivity contribution in [2.75, 3.05) is 29.9 Å². The molecule has 2 aromatic carbocycles. The van der Waals surface area contributed by atoms with Gasteiger partial charge in [0.15, 0.2) is 0 Å². The monoisotopic (exact) mass is 422 g/mol. The van der Waals surface area contributed by atoms with E-state index in [1.807, 2.05) is 0 Å². The standard InChI is InChI=1S/C21H21ClF2N2O3/c22-15-3-5-18(14-2-6-19(27)25-20(14)15)29-12-21(28)7-9-26(10-8-21)17-4-1-13(23)11-16(17)24/h1,3-5,11,28H,2,6-10,12H2,(H,25,27). The summed E-state index contributed by atoms with van der Waals surface area (Å²) in [5.74, 6) is -0.724. The smallest absolute Gasteiger partial charge is 0.224 e. The topological polar surface area (TPSA) is 61.8 Å². The fourth-order valence-corrected chi connectivity index (χ4v) is 4.04. The van der Waals surface area contributed by atoms with Gasteiger partial charge in [0.25, 0.3) is 0 Å². The lowest BCUT2D eigenvalue weighted by molar-refractivity contribution is -0.116. The van der Waals surface area contributed by atoms with Crippen LogP contribution >= 0.6 is 11.6 Å². The Morgan fingerprint density at radius 3 is 2.66 bits per heavy atom. The minimum Gasteiger partial charge on any atom is -0.490 e. The molecular weight excluding hydrogens is 402 g/mol. The number of aliphatic hydroxyl groups is 1. The lowest BCUT2D eigenvalue weighted by Crippen LogP contribution is -2.48. The third-order valence-corrected chi connectivity index (χ3v) is 5.84. The average molecular weight is 423 g/mol. The number of anilines is 2. The van der Waals surface area contributed by atoms with E-state index < -0.39 is 17.2 Å². The third kappa shape index (κ3) is 4.16. The number of rotatable bonds is 4. The van der Waals surface area contributed by atoms with E-state index in [1.165, 1.54) is 12.1 Å². The van der Waals surface area contributed by atoms with Crippen LogP contribution in [0, 0.1) is 11.6 Å². The largest absolute Gasteiger partial charge is 0.490 e. The number of amides is 1. The highest BCUT2D eigenvalue weighted by atomic mass is 35.5. The van der Waals surface area contributed by atoms with Crippen LogP contribution in [0.3, 0.4) is 0 Å². The van der Waals surface area contributed by atoms with Crippen LogP contribution in [0.5, 0.6) is 5.75 Å². The molecule has 2 aromatic rings. The lowest BCUT2D eigenvalue weighted by Gasteiger charge is -2.39. The van der Waals surface area contributed by atoms with Crippen LogP contribution in [0.25, 0.3) is 0 Å². The number of ether oxygens (including phenoxy) is 1. The van der Waals surface area contributed by atoms with Gasteiger partial charge in [0.1, 0.15) is 29.6 Å². The van der Waals surface area contributed by atoms with Gasteiger partial charge in [-0.3, -0.25) is 4.79 Å². The van der Waals surface area contributed by atoms with Gasteiger partial charge in [0.05, 0.1) is 16.4 Å². The van der Waals surface area contributed by atoms with Gasteiger partial charge in [-0.25, -0.2) is 8.78 Å². The number of carbonyl (C=O) groups is 1. The minimum absolute atomic E-state index is 0.0781. The number of halogens is 3. The van der Waals surface area contributed by atoms with Crippen LogP contribution in [0.1, 0.15) is 24.8 Å². The first kappa shape index (κ1) is 19.9. The molecule has 1 fully saturated rings. The zero-order valence-electron chi connectivity index (χ0n) is 15.7. The summed E-state index contributed by atoms with van der Waals surface area (Å²) in [6, 6.07) is 6.91. The summed E-state index contributed by atoms with van der Waals surface area (Å²) in [5, 5.41) is 14.1. The van der Waals surface area contributed by atoms with Crippen molar-refractivity contribution in [2.24, 2.45) is 0 Å². The molecule has 0 unspecified atom stereocenters. The molecule has 154 valence electrons. The predicted molar refractivity (Wildman–Crippen MR) is 107 cm³/mol. The van der Waals surface area contributed by atoms with E-state index in [9.17, 15) is 18.7 Å². The highest BCUT2D eigenvalue weighted by Gasteiger charge is 2.34. The zero-order chi connectivity index (χ0) is 20.6. The number of nitrogens with zero attached hydrogens (tertiary/aromatic N) is 1. The zero-order valence-corrected chi connectivity index (χ0v) is 16.4. The van der Waals surface area contributed by atoms with Crippen molar-refractivity contribution in [1.29, 1.82) is 0 Å². The molecule has 5 nitrogen and oxygen atoms in total. The number of nitrogens with one attached hydrogen (secondary N) is 1. The van der Waals surface area contributed by atoms with Gasteiger partial charge in [-0.15, -0.1) is 0 Å². The van der Waals surface area contributed by atoms with Gasteiger partial charge in [0.2, 0.25) is 5.91 Å². The molecule has 0 atom stereocenters. The van der Waals surface area contributed by atoms with Crippen LogP contribution in [0.4, 0.5) is 20.2 Å². The van der Waals surface area contributed by atoms with Gasteiger partial charge < -0.3 is 20.1 Å². The molecule has 1 amide bonds. The fourth-order valence-electron chi connectivity index (χ4n) is 3.82. The Morgan fingerprint density at radius 2 is 1.93 bits per heavy atom. The van der Waals surface area contributed by atoms with Crippen molar-refractivity contribution in [3.05, 3.63) is 52.6 Å². The van der Waals surface area contributed by atoms with Crippen molar-refractivity contribution in [1.82, 2.24) is 0 Å². The van der Waals surface area contributed by atoms with Crippen molar-refractivity contribution < 1.29 is 23.4 Å². The number of piperidine rings is 1. The Balaban J connectivity index is 1.41. The Labute approximate surface area is 172 Å². The summed E-state index contributed by atoms with van der Waals surface area (Å²) in [6.07, 6.45) is 1.64. The highest BCUT2D eigenvalue weighted by Crippen LogP contribution is 2.38. The van der Waals surface area contributed by atoms with Gasteiger partial charge in [0, 0.05) is 31.1 Å². The van der Waals surface area contributed by atoms with Crippen molar-refractivity contribution in [3.8, 4) is 5.75 Å². The van der Waals surface area contributed by atoms with E-state index in [4.69, 9.17) is 16.3 Å². The van der Waals surface area contributed by atoms with E-state index >= 15 is 0 Å². The minimum atomic E-state index is -1.06. The SMILES string of the molecule is O=C1CCc2c(OCC3(O)CCN(c4ccc(F)cc4F)CC3)ccc(Cl)c2N1. The van der Waals surface area contributed by atoms with E-state index in [-0.39, 0.29) is 12.5 Å². The van der Waals surface area contributed by atoms with E-state index in [0.717, 1.165) is 11.6 Å². The maximum absolute atomic E-state index is 14.0. The molecule has 2 aliphatic rings. The molecule has 29 heavy (non-hydrogen) atoms. The summed E-state index contributed by atoms with van der Waals surface area (Å²) in [5.41, 5.74) is 0.662. The first-order valence-corrected chi connectivity index (χ1v) is 9.89. The second-order valence-electron chi connectivity index (χ2n) is 7.54. The Kier molecular flexibility index (Phi) is 5.36. The van der Waals surface area contributed by atoms with Crippen LogP contribution in [-0.2, 0) is 11.2 Å². The van der Waals surface area contributed by atoms with Crippen LogP contribution in [0.15, 0.2) is 30.3 Å².